The van der Waals surface area contributed by atoms with Crippen LogP contribution in [-0.4, -0.2) is 31.3 Å². The highest BCUT2D eigenvalue weighted by Gasteiger charge is 2.12. The SMILES string of the molecule is C=CCNCc1nn2c(-c3cccnc3)nnc2s1. The van der Waals surface area contributed by atoms with E-state index in [1.165, 1.54) is 11.3 Å². The molecule has 1 N–H and O–H groups in total. The quantitative estimate of drug-likeness (QED) is 0.563. The van der Waals surface area contributed by atoms with Crippen molar-refractivity contribution in [1.82, 2.24) is 30.1 Å². The van der Waals surface area contributed by atoms with Gasteiger partial charge in [-0.1, -0.05) is 17.4 Å². The van der Waals surface area contributed by atoms with Crippen LogP contribution in [0.15, 0.2) is 37.2 Å². The van der Waals surface area contributed by atoms with Gasteiger partial charge < -0.3 is 5.32 Å². The second-order valence-corrected chi connectivity index (χ2v) is 4.92. The third-order valence-electron chi connectivity index (χ3n) is 2.52. The minimum absolute atomic E-state index is 0.701. The van der Waals surface area contributed by atoms with E-state index in [0.717, 1.165) is 22.1 Å². The van der Waals surface area contributed by atoms with Crippen molar-refractivity contribution in [2.75, 3.05) is 6.54 Å². The van der Waals surface area contributed by atoms with Crippen molar-refractivity contribution in [3.05, 3.63) is 42.2 Å². The number of hydrogen-bond acceptors (Lipinski definition) is 6. The Labute approximate surface area is 113 Å². The first kappa shape index (κ1) is 11.9. The number of fused-ring (bicyclic) bond motifs is 1. The normalized spacial score (nSPS) is 10.9. The molecule has 0 saturated heterocycles. The molecule has 0 spiro atoms. The third-order valence-corrected chi connectivity index (χ3v) is 3.42. The summed E-state index contributed by atoms with van der Waals surface area (Å²) < 4.78 is 1.76. The predicted molar refractivity (Wildman–Crippen MR) is 73.8 cm³/mol. The molecular formula is C12H12N6S. The first-order valence-electron chi connectivity index (χ1n) is 5.81. The van der Waals surface area contributed by atoms with E-state index in [2.05, 4.69) is 32.2 Å². The zero-order valence-corrected chi connectivity index (χ0v) is 11.0. The summed E-state index contributed by atoms with van der Waals surface area (Å²) in [5.41, 5.74) is 0.908. The lowest BCUT2D eigenvalue weighted by Crippen LogP contribution is -2.12. The maximum Gasteiger partial charge on any atom is 0.235 e. The molecule has 3 aromatic rings. The van der Waals surface area contributed by atoms with Crippen LogP contribution in [0.5, 0.6) is 0 Å². The molecule has 0 bridgehead atoms. The van der Waals surface area contributed by atoms with Crippen molar-refractivity contribution in [2.24, 2.45) is 0 Å². The summed E-state index contributed by atoms with van der Waals surface area (Å²) in [5, 5.41) is 17.0. The largest absolute Gasteiger partial charge is 0.307 e. The van der Waals surface area contributed by atoms with Gasteiger partial charge in [0.05, 0.1) is 0 Å². The molecule has 0 aliphatic carbocycles. The molecule has 96 valence electrons. The summed E-state index contributed by atoms with van der Waals surface area (Å²) in [6, 6.07) is 3.81. The summed E-state index contributed by atoms with van der Waals surface area (Å²) in [4.78, 5) is 4.87. The third kappa shape index (κ3) is 2.38. The number of nitrogens with one attached hydrogen (secondary N) is 1. The molecule has 0 saturated carbocycles. The standard InChI is InChI=1S/C12H12N6S/c1-2-5-13-8-10-17-18-11(15-16-12(18)19-10)9-4-3-6-14-7-9/h2-4,6-7,13H,1,5,8H2. The topological polar surface area (TPSA) is 68.0 Å². The fourth-order valence-corrected chi connectivity index (χ4v) is 2.49. The van der Waals surface area contributed by atoms with Gasteiger partial charge in [-0.25, -0.2) is 0 Å². The van der Waals surface area contributed by atoms with E-state index in [1.54, 1.807) is 16.9 Å². The number of nitrogens with zero attached hydrogens (tertiary/aromatic N) is 5. The van der Waals surface area contributed by atoms with Gasteiger partial charge >= 0.3 is 0 Å². The summed E-state index contributed by atoms with van der Waals surface area (Å²) in [7, 11) is 0. The van der Waals surface area contributed by atoms with Crippen LogP contribution in [-0.2, 0) is 6.54 Å². The lowest BCUT2D eigenvalue weighted by atomic mass is 10.3. The smallest absolute Gasteiger partial charge is 0.235 e. The van der Waals surface area contributed by atoms with Gasteiger partial charge in [0.15, 0.2) is 5.82 Å². The molecule has 0 aliphatic heterocycles. The van der Waals surface area contributed by atoms with Crippen LogP contribution in [0.1, 0.15) is 5.01 Å². The zero-order valence-electron chi connectivity index (χ0n) is 10.2. The van der Waals surface area contributed by atoms with Crippen molar-refractivity contribution in [3.8, 4) is 11.4 Å². The second-order valence-electron chi connectivity index (χ2n) is 3.88. The molecule has 0 fully saturated rings. The first-order chi connectivity index (χ1) is 9.38. The molecule has 0 unspecified atom stereocenters. The van der Waals surface area contributed by atoms with Crippen LogP contribution in [0.2, 0.25) is 0 Å². The van der Waals surface area contributed by atoms with Crippen LogP contribution in [0.3, 0.4) is 0 Å². The first-order valence-corrected chi connectivity index (χ1v) is 6.63. The molecule has 6 nitrogen and oxygen atoms in total. The molecular weight excluding hydrogens is 260 g/mol. The van der Waals surface area contributed by atoms with Crippen LogP contribution in [0.4, 0.5) is 0 Å². The highest BCUT2D eigenvalue weighted by Crippen LogP contribution is 2.20. The molecule has 0 amide bonds. The molecule has 0 aliphatic rings. The monoisotopic (exact) mass is 272 g/mol. The summed E-state index contributed by atoms with van der Waals surface area (Å²) in [6.07, 6.45) is 5.31. The highest BCUT2D eigenvalue weighted by atomic mass is 32.1. The van der Waals surface area contributed by atoms with Crippen LogP contribution in [0.25, 0.3) is 16.3 Å². The van der Waals surface area contributed by atoms with E-state index in [1.807, 2.05) is 18.2 Å². The van der Waals surface area contributed by atoms with Gasteiger partial charge in [-0.05, 0) is 12.1 Å². The highest BCUT2D eigenvalue weighted by molar-refractivity contribution is 7.16. The van der Waals surface area contributed by atoms with Crippen molar-refractivity contribution in [2.45, 2.75) is 6.54 Å². The van der Waals surface area contributed by atoms with Crippen molar-refractivity contribution >= 4 is 16.3 Å². The Morgan fingerprint density at radius 2 is 2.37 bits per heavy atom. The summed E-state index contributed by atoms with van der Waals surface area (Å²) in [6.45, 7) is 5.12. The van der Waals surface area contributed by atoms with E-state index < -0.39 is 0 Å². The van der Waals surface area contributed by atoms with Crippen LogP contribution >= 0.6 is 11.3 Å². The van der Waals surface area contributed by atoms with Gasteiger partial charge in [0, 0.05) is 31.0 Å². The maximum atomic E-state index is 4.51. The fraction of sp³-hybridized carbons (Fsp3) is 0.167. The van der Waals surface area contributed by atoms with E-state index in [4.69, 9.17) is 0 Å². The number of aromatic nitrogens is 5. The minimum Gasteiger partial charge on any atom is -0.307 e. The minimum atomic E-state index is 0.701. The molecule has 3 aromatic heterocycles. The average molecular weight is 272 g/mol. The summed E-state index contributed by atoms with van der Waals surface area (Å²) in [5.74, 6) is 0.717. The van der Waals surface area contributed by atoms with Gasteiger partial charge in [0.1, 0.15) is 5.01 Å². The van der Waals surface area contributed by atoms with Crippen molar-refractivity contribution in [3.63, 3.8) is 0 Å². The molecule has 0 atom stereocenters. The van der Waals surface area contributed by atoms with E-state index in [0.29, 0.717) is 12.4 Å². The zero-order chi connectivity index (χ0) is 13.1. The Hall–Kier alpha value is -2.12. The molecule has 0 aromatic carbocycles. The van der Waals surface area contributed by atoms with Crippen molar-refractivity contribution in [1.29, 1.82) is 0 Å². The average Bonchev–Trinajstić information content (AvgIpc) is 3.00. The van der Waals surface area contributed by atoms with E-state index >= 15 is 0 Å². The van der Waals surface area contributed by atoms with Gasteiger partial charge in [-0.2, -0.15) is 9.61 Å². The maximum absolute atomic E-state index is 4.51. The molecule has 0 radical (unpaired) electrons. The molecule has 3 heterocycles. The summed E-state index contributed by atoms with van der Waals surface area (Å²) >= 11 is 1.52. The van der Waals surface area contributed by atoms with E-state index in [9.17, 15) is 0 Å². The van der Waals surface area contributed by atoms with Gasteiger partial charge in [-0.15, -0.1) is 16.8 Å². The van der Waals surface area contributed by atoms with Crippen LogP contribution in [0, 0.1) is 0 Å². The molecule has 7 heteroatoms. The van der Waals surface area contributed by atoms with Gasteiger partial charge in [-0.3, -0.25) is 4.98 Å². The number of hydrogen-bond donors (Lipinski definition) is 1. The van der Waals surface area contributed by atoms with Crippen molar-refractivity contribution < 1.29 is 0 Å². The number of pyridine rings is 1. The van der Waals surface area contributed by atoms with E-state index in [-0.39, 0.29) is 0 Å². The molecule has 19 heavy (non-hydrogen) atoms. The Bertz CT molecular complexity index is 687. The van der Waals surface area contributed by atoms with Crippen LogP contribution < -0.4 is 5.32 Å². The Balaban J connectivity index is 1.92. The second kappa shape index (κ2) is 5.25. The lowest BCUT2D eigenvalue weighted by molar-refractivity contribution is 0.737. The molecule has 3 rings (SSSR count). The number of rotatable bonds is 5. The predicted octanol–water partition coefficient (Wildman–Crippen LogP) is 1.52. The fourth-order valence-electron chi connectivity index (χ4n) is 1.68. The van der Waals surface area contributed by atoms with Gasteiger partial charge in [0.25, 0.3) is 0 Å². The Kier molecular flexibility index (Phi) is 3.30. The lowest BCUT2D eigenvalue weighted by Gasteiger charge is -1.96. The Morgan fingerprint density at radius 3 is 3.16 bits per heavy atom. The van der Waals surface area contributed by atoms with Gasteiger partial charge in [0.2, 0.25) is 4.96 Å². The Morgan fingerprint density at radius 1 is 1.42 bits per heavy atom.